The fourth-order valence-corrected chi connectivity index (χ4v) is 5.43. The van der Waals surface area contributed by atoms with E-state index in [-0.39, 0.29) is 17.5 Å². The van der Waals surface area contributed by atoms with Crippen LogP contribution in [-0.2, 0) is 22.9 Å². The molecule has 2 aromatic rings. The van der Waals surface area contributed by atoms with Gasteiger partial charge in [0, 0.05) is 11.4 Å². The Morgan fingerprint density at radius 2 is 2.33 bits per heavy atom. The number of thiazole rings is 1. The molecule has 3 heterocycles. The molecule has 0 amide bonds. The molecule has 0 unspecified atom stereocenters. The van der Waals surface area contributed by atoms with Crippen molar-refractivity contribution in [1.29, 1.82) is 0 Å². The molecular formula is C14H20N4O3S3. The predicted molar refractivity (Wildman–Crippen MR) is 94.4 cm³/mol. The lowest BCUT2D eigenvalue weighted by Crippen LogP contribution is -2.37. The molecule has 10 heteroatoms. The first-order valence-electron chi connectivity index (χ1n) is 7.78. The summed E-state index contributed by atoms with van der Waals surface area (Å²) < 4.78 is 30.6. The van der Waals surface area contributed by atoms with Gasteiger partial charge in [-0.1, -0.05) is 6.92 Å². The monoisotopic (exact) mass is 388 g/mol. The van der Waals surface area contributed by atoms with Gasteiger partial charge in [-0.15, -0.1) is 16.4 Å². The first kappa shape index (κ1) is 17.7. The van der Waals surface area contributed by atoms with Gasteiger partial charge in [-0.25, -0.2) is 18.1 Å². The van der Waals surface area contributed by atoms with Crippen molar-refractivity contribution in [2.45, 2.75) is 39.4 Å². The fourth-order valence-electron chi connectivity index (χ4n) is 2.86. The third-order valence-electron chi connectivity index (χ3n) is 4.09. The molecule has 1 saturated heterocycles. The highest BCUT2D eigenvalue weighted by Gasteiger charge is 2.32. The van der Waals surface area contributed by atoms with Gasteiger partial charge in [0.05, 0.1) is 35.3 Å². The second-order valence-corrected chi connectivity index (χ2v) is 9.54. The Balaban J connectivity index is 1.71. The Labute approximate surface area is 150 Å². The number of rotatable bonds is 6. The maximum absolute atomic E-state index is 11.7. The van der Waals surface area contributed by atoms with E-state index in [2.05, 4.69) is 15.0 Å². The topological polar surface area (TPSA) is 81.2 Å². The molecular weight excluding hydrogens is 368 g/mol. The van der Waals surface area contributed by atoms with Crippen molar-refractivity contribution in [3.63, 3.8) is 0 Å². The molecule has 0 radical (unpaired) electrons. The molecule has 0 spiro atoms. The highest BCUT2D eigenvalue weighted by Crippen LogP contribution is 2.19. The highest BCUT2D eigenvalue weighted by atomic mass is 32.2. The van der Waals surface area contributed by atoms with Crippen molar-refractivity contribution < 1.29 is 12.8 Å². The Morgan fingerprint density at radius 1 is 1.54 bits per heavy atom. The molecule has 3 rings (SSSR count). The number of aryl methyl sites for hydroxylation is 1. The normalized spacial score (nSPS) is 20.0. The largest absolute Gasteiger partial charge is 0.414 e. The van der Waals surface area contributed by atoms with E-state index < -0.39 is 9.84 Å². The SMILES string of the molecule is CCN(Cn1nc(Cc2csc(C)n2)oc1=S)[C@@H]1CCS(=O)(=O)C1. The lowest BCUT2D eigenvalue weighted by atomic mass is 10.2. The van der Waals surface area contributed by atoms with Crippen LogP contribution in [0.5, 0.6) is 0 Å². The summed E-state index contributed by atoms with van der Waals surface area (Å²) in [7, 11) is -2.91. The molecule has 0 saturated carbocycles. The summed E-state index contributed by atoms with van der Waals surface area (Å²) >= 11 is 6.84. The minimum atomic E-state index is -2.91. The first-order chi connectivity index (χ1) is 11.4. The van der Waals surface area contributed by atoms with E-state index in [0.29, 0.717) is 30.2 Å². The molecule has 0 aromatic carbocycles. The van der Waals surface area contributed by atoms with Gasteiger partial charge >= 0.3 is 0 Å². The average Bonchev–Trinajstić information content (AvgIpc) is 3.17. The standard InChI is InChI=1S/C14H20N4O3S3/c1-3-17(12-4-5-24(19,20)8-12)9-18-14(22)21-13(16-18)6-11-7-23-10(2)15-11/h7,12H,3-6,8-9H2,1-2H3/t12-/m1/s1. The minimum Gasteiger partial charge on any atom is -0.414 e. The average molecular weight is 389 g/mol. The zero-order valence-electron chi connectivity index (χ0n) is 13.6. The van der Waals surface area contributed by atoms with Crippen LogP contribution in [-0.4, -0.2) is 52.2 Å². The van der Waals surface area contributed by atoms with E-state index in [1.165, 1.54) is 0 Å². The van der Waals surface area contributed by atoms with Crippen LogP contribution in [0.1, 0.15) is 29.9 Å². The van der Waals surface area contributed by atoms with Gasteiger partial charge in [0.2, 0.25) is 5.89 Å². The van der Waals surface area contributed by atoms with E-state index in [0.717, 1.165) is 17.2 Å². The highest BCUT2D eigenvalue weighted by molar-refractivity contribution is 7.91. The molecule has 24 heavy (non-hydrogen) atoms. The van der Waals surface area contributed by atoms with Crippen LogP contribution in [0.15, 0.2) is 9.80 Å². The number of hydrogen-bond acceptors (Lipinski definition) is 8. The van der Waals surface area contributed by atoms with Gasteiger partial charge in [0.15, 0.2) is 9.84 Å². The zero-order valence-corrected chi connectivity index (χ0v) is 16.1. The van der Waals surface area contributed by atoms with E-state index in [1.54, 1.807) is 16.0 Å². The molecule has 1 aliphatic heterocycles. The molecule has 1 fully saturated rings. The van der Waals surface area contributed by atoms with Crippen LogP contribution < -0.4 is 0 Å². The minimum absolute atomic E-state index is 0.0169. The lowest BCUT2D eigenvalue weighted by Gasteiger charge is -2.25. The summed E-state index contributed by atoms with van der Waals surface area (Å²) in [6.45, 7) is 5.13. The van der Waals surface area contributed by atoms with E-state index in [1.807, 2.05) is 19.2 Å². The maximum atomic E-state index is 11.7. The second kappa shape index (κ2) is 7.03. The van der Waals surface area contributed by atoms with Crippen molar-refractivity contribution in [1.82, 2.24) is 19.7 Å². The summed E-state index contributed by atoms with van der Waals surface area (Å²) in [5, 5.41) is 7.41. The number of aromatic nitrogens is 3. The molecule has 0 bridgehead atoms. The summed E-state index contributed by atoms with van der Waals surface area (Å²) in [5.41, 5.74) is 0.912. The Bertz CT molecular complexity index is 868. The van der Waals surface area contributed by atoms with Gasteiger partial charge in [-0.2, -0.15) is 0 Å². The zero-order chi connectivity index (χ0) is 17.3. The number of nitrogens with zero attached hydrogens (tertiary/aromatic N) is 4. The van der Waals surface area contributed by atoms with Crippen LogP contribution >= 0.6 is 23.6 Å². The molecule has 1 aliphatic rings. The van der Waals surface area contributed by atoms with Gasteiger partial charge in [0.1, 0.15) is 0 Å². The van der Waals surface area contributed by atoms with Crippen molar-refractivity contribution >= 4 is 33.4 Å². The third kappa shape index (κ3) is 4.11. The Morgan fingerprint density at radius 3 is 2.92 bits per heavy atom. The number of sulfone groups is 1. The smallest absolute Gasteiger partial charge is 0.288 e. The molecule has 7 nitrogen and oxygen atoms in total. The molecule has 0 N–H and O–H groups in total. The van der Waals surface area contributed by atoms with Gasteiger partial charge in [-0.05, 0) is 32.1 Å². The summed E-state index contributed by atoms with van der Waals surface area (Å²) in [6.07, 6.45) is 1.16. The lowest BCUT2D eigenvalue weighted by molar-refractivity contribution is 0.162. The van der Waals surface area contributed by atoms with Crippen LogP contribution in [0.3, 0.4) is 0 Å². The number of hydrogen-bond donors (Lipinski definition) is 0. The molecule has 132 valence electrons. The van der Waals surface area contributed by atoms with Gasteiger partial charge in [0.25, 0.3) is 4.84 Å². The summed E-state index contributed by atoms with van der Waals surface area (Å²) in [4.78, 5) is 6.78. The Hall–Kier alpha value is -1.10. The first-order valence-corrected chi connectivity index (χ1v) is 10.9. The molecule has 1 atom stereocenters. The van der Waals surface area contributed by atoms with Crippen molar-refractivity contribution in [3.05, 3.63) is 26.8 Å². The summed E-state index contributed by atoms with van der Waals surface area (Å²) in [5.74, 6) is 0.990. The van der Waals surface area contributed by atoms with Gasteiger partial charge in [-0.3, -0.25) is 4.90 Å². The van der Waals surface area contributed by atoms with Crippen LogP contribution in [0, 0.1) is 11.8 Å². The quantitative estimate of drug-likeness (QED) is 0.700. The van der Waals surface area contributed by atoms with E-state index in [9.17, 15) is 8.42 Å². The van der Waals surface area contributed by atoms with E-state index >= 15 is 0 Å². The third-order valence-corrected chi connectivity index (χ3v) is 6.96. The van der Waals surface area contributed by atoms with E-state index in [4.69, 9.17) is 16.6 Å². The van der Waals surface area contributed by atoms with Gasteiger partial charge < -0.3 is 4.42 Å². The summed E-state index contributed by atoms with van der Waals surface area (Å²) in [6, 6.07) is 0.0169. The molecule has 0 aliphatic carbocycles. The van der Waals surface area contributed by atoms with Crippen LogP contribution in [0.2, 0.25) is 0 Å². The maximum Gasteiger partial charge on any atom is 0.288 e. The van der Waals surface area contributed by atoms with Crippen LogP contribution in [0.25, 0.3) is 0 Å². The predicted octanol–water partition coefficient (Wildman–Crippen LogP) is 2.03. The second-order valence-electron chi connectivity index (χ2n) is 5.90. The Kier molecular flexibility index (Phi) is 5.19. The molecule has 2 aromatic heterocycles. The van der Waals surface area contributed by atoms with Crippen molar-refractivity contribution in [3.8, 4) is 0 Å². The van der Waals surface area contributed by atoms with Crippen molar-refractivity contribution in [2.75, 3.05) is 18.1 Å². The van der Waals surface area contributed by atoms with Crippen LogP contribution in [0.4, 0.5) is 0 Å². The fraction of sp³-hybridized carbons (Fsp3) is 0.643. The van der Waals surface area contributed by atoms with Crippen molar-refractivity contribution in [2.24, 2.45) is 0 Å².